The molecule has 0 spiro atoms. The minimum absolute atomic E-state index is 0. The molecule has 0 saturated carbocycles. The smallest absolute Gasteiger partial charge is 0.335 e. The molecule has 2 N–H and O–H groups in total. The standard InChI is InChI=1S/C19H38O3.Rb/c1-3-4-5-6-7-8-9-10-11-12-13-14-15-16-17-19(2,22)18(20)21;/h22H,3-17H2,1-2H3,(H,20,21);. The molecule has 0 saturated heterocycles. The summed E-state index contributed by atoms with van der Waals surface area (Å²) in [4.78, 5) is 10.7. The zero-order valence-electron chi connectivity index (χ0n) is 15.9. The van der Waals surface area contributed by atoms with E-state index in [1.165, 1.54) is 77.6 Å². The van der Waals surface area contributed by atoms with Crippen molar-refractivity contribution in [1.82, 2.24) is 0 Å². The largest absolute Gasteiger partial charge is 0.479 e. The van der Waals surface area contributed by atoms with Crippen molar-refractivity contribution in [3.8, 4) is 0 Å². The summed E-state index contributed by atoms with van der Waals surface area (Å²) in [7, 11) is 0. The van der Waals surface area contributed by atoms with Crippen molar-refractivity contribution in [3.63, 3.8) is 0 Å². The third-order valence-electron chi connectivity index (χ3n) is 4.48. The van der Waals surface area contributed by atoms with Crippen LogP contribution in [0.25, 0.3) is 0 Å². The van der Waals surface area contributed by atoms with Crippen molar-refractivity contribution in [3.05, 3.63) is 0 Å². The third-order valence-corrected chi connectivity index (χ3v) is 4.48. The molecule has 133 valence electrons. The quantitative estimate of drug-likeness (QED) is 0.345. The van der Waals surface area contributed by atoms with Crippen LogP contribution in [0.3, 0.4) is 0 Å². The monoisotopic (exact) mass is 399 g/mol. The summed E-state index contributed by atoms with van der Waals surface area (Å²) in [6.07, 6.45) is 18.3. The van der Waals surface area contributed by atoms with E-state index in [1.807, 2.05) is 0 Å². The van der Waals surface area contributed by atoms with Crippen LogP contribution in [0.4, 0.5) is 0 Å². The summed E-state index contributed by atoms with van der Waals surface area (Å²) < 4.78 is 0. The fourth-order valence-electron chi connectivity index (χ4n) is 2.77. The number of carboxylic acid groups (broad SMARTS) is 1. The molecule has 1 atom stereocenters. The molecule has 0 amide bonds. The number of unbranched alkanes of at least 4 members (excludes halogenated alkanes) is 13. The van der Waals surface area contributed by atoms with Gasteiger partial charge in [-0.15, -0.1) is 0 Å². The number of carboxylic acids is 1. The summed E-state index contributed by atoms with van der Waals surface area (Å²) in [5.41, 5.74) is -1.54. The first-order chi connectivity index (χ1) is 10.5. The summed E-state index contributed by atoms with van der Waals surface area (Å²) >= 11 is 0. The molecule has 0 aliphatic heterocycles. The van der Waals surface area contributed by atoms with Gasteiger partial charge in [0, 0.05) is 58.2 Å². The first kappa shape index (κ1) is 26.5. The van der Waals surface area contributed by atoms with Gasteiger partial charge in [-0.2, -0.15) is 0 Å². The summed E-state index contributed by atoms with van der Waals surface area (Å²) in [5, 5.41) is 18.4. The molecule has 0 rings (SSSR count). The van der Waals surface area contributed by atoms with E-state index in [4.69, 9.17) is 5.11 Å². The van der Waals surface area contributed by atoms with Crippen LogP contribution in [0, 0.1) is 0 Å². The zero-order valence-corrected chi connectivity index (χ0v) is 20.8. The second kappa shape index (κ2) is 18.0. The van der Waals surface area contributed by atoms with Crippen molar-refractivity contribution < 1.29 is 15.0 Å². The van der Waals surface area contributed by atoms with Gasteiger partial charge >= 0.3 is 5.97 Å². The summed E-state index contributed by atoms with van der Waals surface area (Å²) in [5.74, 6) is -1.11. The Labute approximate surface area is 192 Å². The Hall–Kier alpha value is 1.24. The number of aliphatic hydroxyl groups is 1. The van der Waals surface area contributed by atoms with Crippen LogP contribution in [-0.2, 0) is 4.79 Å². The van der Waals surface area contributed by atoms with E-state index in [0.29, 0.717) is 6.42 Å². The average molecular weight is 400 g/mol. The van der Waals surface area contributed by atoms with Crippen molar-refractivity contribution >= 4 is 64.2 Å². The van der Waals surface area contributed by atoms with Crippen LogP contribution in [-0.4, -0.2) is 80.0 Å². The van der Waals surface area contributed by atoms with Crippen molar-refractivity contribution in [2.75, 3.05) is 0 Å². The Morgan fingerprint density at radius 3 is 1.35 bits per heavy atom. The second-order valence-corrected chi connectivity index (χ2v) is 6.93. The van der Waals surface area contributed by atoms with Gasteiger partial charge in [0.2, 0.25) is 0 Å². The molecular formula is C19H38O3Rb. The van der Waals surface area contributed by atoms with Crippen LogP contribution in [0.15, 0.2) is 0 Å². The molecular weight excluding hydrogens is 362 g/mol. The molecule has 0 bridgehead atoms. The molecule has 4 heteroatoms. The van der Waals surface area contributed by atoms with Gasteiger partial charge in [-0.05, 0) is 19.8 Å². The Kier molecular flexibility index (Phi) is 20.8. The number of hydrogen-bond acceptors (Lipinski definition) is 2. The second-order valence-electron chi connectivity index (χ2n) is 6.93. The van der Waals surface area contributed by atoms with E-state index in [1.54, 1.807) is 0 Å². The molecule has 1 unspecified atom stereocenters. The Morgan fingerprint density at radius 2 is 1.04 bits per heavy atom. The molecule has 0 heterocycles. The van der Waals surface area contributed by atoms with Gasteiger partial charge in [0.1, 0.15) is 0 Å². The molecule has 23 heavy (non-hydrogen) atoms. The fraction of sp³-hybridized carbons (Fsp3) is 0.947. The van der Waals surface area contributed by atoms with Crippen molar-refractivity contribution in [2.45, 2.75) is 116 Å². The van der Waals surface area contributed by atoms with Crippen LogP contribution in [0.1, 0.15) is 110 Å². The van der Waals surface area contributed by atoms with Gasteiger partial charge in [-0.3, -0.25) is 0 Å². The Balaban J connectivity index is 0. The molecule has 0 aliphatic carbocycles. The van der Waals surface area contributed by atoms with Gasteiger partial charge < -0.3 is 10.2 Å². The van der Waals surface area contributed by atoms with Crippen LogP contribution in [0.5, 0.6) is 0 Å². The van der Waals surface area contributed by atoms with E-state index in [0.717, 1.165) is 19.3 Å². The van der Waals surface area contributed by atoms with Crippen molar-refractivity contribution in [1.29, 1.82) is 0 Å². The van der Waals surface area contributed by atoms with Crippen LogP contribution in [0.2, 0.25) is 0 Å². The molecule has 1 radical (unpaired) electrons. The van der Waals surface area contributed by atoms with E-state index in [-0.39, 0.29) is 58.2 Å². The summed E-state index contributed by atoms with van der Waals surface area (Å²) in [6, 6.07) is 0. The first-order valence-corrected chi connectivity index (χ1v) is 9.46. The Morgan fingerprint density at radius 1 is 0.739 bits per heavy atom. The number of rotatable bonds is 16. The maximum atomic E-state index is 10.7. The third kappa shape index (κ3) is 17.8. The molecule has 0 fully saturated rings. The summed E-state index contributed by atoms with van der Waals surface area (Å²) in [6.45, 7) is 3.65. The van der Waals surface area contributed by atoms with Crippen molar-refractivity contribution in [2.24, 2.45) is 0 Å². The fourth-order valence-corrected chi connectivity index (χ4v) is 2.77. The van der Waals surface area contributed by atoms with Gasteiger partial charge in [0.25, 0.3) is 0 Å². The van der Waals surface area contributed by atoms with Gasteiger partial charge in [0.15, 0.2) is 5.60 Å². The minimum atomic E-state index is -1.54. The zero-order chi connectivity index (χ0) is 16.7. The first-order valence-electron chi connectivity index (χ1n) is 9.46. The Bertz CT molecular complexity index is 267. The van der Waals surface area contributed by atoms with Gasteiger partial charge in [0.05, 0.1) is 0 Å². The number of aliphatic carboxylic acids is 1. The van der Waals surface area contributed by atoms with Gasteiger partial charge in [-0.1, -0.05) is 90.4 Å². The molecule has 0 aromatic heterocycles. The predicted octanol–water partition coefficient (Wildman–Crippen LogP) is 5.31. The van der Waals surface area contributed by atoms with Crippen LogP contribution < -0.4 is 0 Å². The molecule has 0 aromatic carbocycles. The van der Waals surface area contributed by atoms with Gasteiger partial charge in [-0.25, -0.2) is 4.79 Å². The van der Waals surface area contributed by atoms with Crippen LogP contribution >= 0.6 is 0 Å². The number of hydrogen-bond donors (Lipinski definition) is 2. The molecule has 3 nitrogen and oxygen atoms in total. The average Bonchev–Trinajstić information content (AvgIpc) is 2.47. The normalized spacial score (nSPS) is 13.3. The molecule has 0 aromatic rings. The van der Waals surface area contributed by atoms with E-state index < -0.39 is 11.6 Å². The predicted molar refractivity (Wildman–Crippen MR) is 98.9 cm³/mol. The maximum absolute atomic E-state index is 10.7. The minimum Gasteiger partial charge on any atom is -0.479 e. The van der Waals surface area contributed by atoms with E-state index in [2.05, 4.69) is 6.92 Å². The van der Waals surface area contributed by atoms with E-state index in [9.17, 15) is 9.90 Å². The topological polar surface area (TPSA) is 57.5 Å². The molecule has 0 aliphatic rings. The van der Waals surface area contributed by atoms with E-state index >= 15 is 0 Å². The maximum Gasteiger partial charge on any atom is 0.335 e. The SMILES string of the molecule is CCCCCCCCCCCCCCCCC(C)(O)C(=O)O.[Rb]. The number of carbonyl (C=O) groups is 1.